The van der Waals surface area contributed by atoms with Crippen LogP contribution in [0.4, 0.5) is 4.79 Å². The molecule has 4 N–H and O–H groups in total. The zero-order valence-electron chi connectivity index (χ0n) is 22.4. The Kier molecular flexibility index (Phi) is 9.09. The third-order valence-electron chi connectivity index (χ3n) is 7.68. The van der Waals surface area contributed by atoms with E-state index in [1.807, 2.05) is 30.3 Å². The van der Waals surface area contributed by atoms with Crippen molar-refractivity contribution in [3.63, 3.8) is 0 Å². The van der Waals surface area contributed by atoms with Crippen LogP contribution >= 0.6 is 0 Å². The van der Waals surface area contributed by atoms with Crippen molar-refractivity contribution in [3.8, 4) is 5.75 Å². The monoisotopic (exact) mass is 589 g/mol. The fourth-order valence-electron chi connectivity index (χ4n) is 5.46. The van der Waals surface area contributed by atoms with Crippen LogP contribution in [0.2, 0.25) is 0 Å². The third-order valence-corrected chi connectivity index (χ3v) is 9.53. The summed E-state index contributed by atoms with van der Waals surface area (Å²) < 4.78 is 45.1. The number of fused-ring (bicyclic) bond motifs is 1. The van der Waals surface area contributed by atoms with Gasteiger partial charge in [0, 0.05) is 25.6 Å². The van der Waals surface area contributed by atoms with Gasteiger partial charge in [-0.25, -0.2) is 13.2 Å². The molecular formula is C28H35N3O9S. The maximum atomic E-state index is 13.7. The zero-order chi connectivity index (χ0) is 29.0. The highest BCUT2D eigenvalue weighted by molar-refractivity contribution is 7.89. The largest absolute Gasteiger partial charge is 0.508 e. The van der Waals surface area contributed by atoms with E-state index < -0.39 is 46.7 Å². The number of phenolic OH excluding ortho intramolecular Hbond substituents is 1. The molecule has 41 heavy (non-hydrogen) atoms. The Morgan fingerprint density at radius 2 is 1.88 bits per heavy atom. The normalized spacial score (nSPS) is 25.5. The van der Waals surface area contributed by atoms with Crippen molar-refractivity contribution in [3.05, 3.63) is 60.2 Å². The number of rotatable bonds is 11. The highest BCUT2D eigenvalue weighted by Crippen LogP contribution is 2.33. The van der Waals surface area contributed by atoms with E-state index >= 15 is 0 Å². The fraction of sp³-hybridized carbons (Fsp3) is 0.500. The molecule has 3 aliphatic rings. The van der Waals surface area contributed by atoms with Crippen molar-refractivity contribution < 1.29 is 42.4 Å². The van der Waals surface area contributed by atoms with E-state index in [2.05, 4.69) is 10.6 Å². The Morgan fingerprint density at radius 3 is 2.59 bits per heavy atom. The number of benzene rings is 2. The topological polar surface area (TPSA) is 164 Å². The molecule has 3 saturated heterocycles. The van der Waals surface area contributed by atoms with Crippen LogP contribution in [0.3, 0.4) is 0 Å². The number of alkyl carbamates (subject to hydrolysis) is 1. The molecule has 6 atom stereocenters. The number of sulfonamides is 1. The van der Waals surface area contributed by atoms with Crippen LogP contribution in [0.15, 0.2) is 59.5 Å². The van der Waals surface area contributed by atoms with Gasteiger partial charge in [-0.3, -0.25) is 4.79 Å². The number of hydrogen-bond donors (Lipinski definition) is 4. The Hall–Kier alpha value is -3.23. The van der Waals surface area contributed by atoms with Crippen LogP contribution in [0.25, 0.3) is 0 Å². The molecule has 0 aliphatic carbocycles. The second-order valence-corrected chi connectivity index (χ2v) is 12.5. The number of phenols is 1. The van der Waals surface area contributed by atoms with Crippen molar-refractivity contribution in [1.82, 2.24) is 14.9 Å². The summed E-state index contributed by atoms with van der Waals surface area (Å²) in [6.45, 7) is 0.300. The van der Waals surface area contributed by atoms with E-state index in [-0.39, 0.29) is 55.0 Å². The summed E-state index contributed by atoms with van der Waals surface area (Å²) >= 11 is 0. The third kappa shape index (κ3) is 7.16. The van der Waals surface area contributed by atoms with Crippen LogP contribution in [0.1, 0.15) is 24.8 Å². The molecule has 2 amide bonds. The Balaban J connectivity index is 1.34. The standard InChI is InChI=1S/C28H35N3O9S/c32-20-7-9-21(10-8-20)41(36,37)31(15-19-6-11-26(34)29-19)16-24(33)23(14-18-4-2-1-3-5-18)30-28(35)40-25-17-39-27-22(25)12-13-38-27/h1-5,7-10,19,22-25,27,32-33H,6,11-17H2,(H,29,34)(H,30,35)/t19-,22+,23+,24-,25?,27-/m1/s1. The van der Waals surface area contributed by atoms with Gasteiger partial charge in [0.05, 0.1) is 36.2 Å². The van der Waals surface area contributed by atoms with Crippen molar-refractivity contribution in [2.45, 2.75) is 61.2 Å². The number of carbonyl (C=O) groups is 2. The SMILES string of the molecule is O=C1CC[C@H](CN(C[C@@H](O)[C@H](Cc2ccccc2)NC(=O)OC2CO[C@H]3OCC[C@@H]23)S(=O)(=O)c2ccc(O)cc2)N1. The fourth-order valence-corrected chi connectivity index (χ4v) is 6.96. The summed E-state index contributed by atoms with van der Waals surface area (Å²) in [5, 5.41) is 26.6. The molecule has 222 valence electrons. The molecule has 12 nitrogen and oxygen atoms in total. The molecule has 1 unspecified atom stereocenters. The van der Waals surface area contributed by atoms with Crippen LogP contribution in [0.5, 0.6) is 5.75 Å². The van der Waals surface area contributed by atoms with Gasteiger partial charge >= 0.3 is 6.09 Å². The van der Waals surface area contributed by atoms with Gasteiger partial charge in [-0.05, 0) is 49.1 Å². The second kappa shape index (κ2) is 12.7. The van der Waals surface area contributed by atoms with Crippen molar-refractivity contribution in [2.75, 3.05) is 26.3 Å². The van der Waals surface area contributed by atoms with Crippen molar-refractivity contribution >= 4 is 22.0 Å². The lowest BCUT2D eigenvalue weighted by Crippen LogP contribution is -2.53. The molecule has 2 aromatic carbocycles. The van der Waals surface area contributed by atoms with Gasteiger partial charge in [0.25, 0.3) is 0 Å². The molecule has 0 saturated carbocycles. The summed E-state index contributed by atoms with van der Waals surface area (Å²) in [4.78, 5) is 24.7. The first-order valence-electron chi connectivity index (χ1n) is 13.7. The van der Waals surface area contributed by atoms with E-state index in [0.717, 1.165) is 9.87 Å². The maximum Gasteiger partial charge on any atom is 0.407 e. The van der Waals surface area contributed by atoms with Gasteiger partial charge in [0.2, 0.25) is 15.9 Å². The molecule has 3 aliphatic heterocycles. The molecule has 3 heterocycles. The number of hydrogen-bond acceptors (Lipinski definition) is 9. The summed E-state index contributed by atoms with van der Waals surface area (Å²) in [6.07, 6.45) is -1.33. The molecule has 0 bridgehead atoms. The van der Waals surface area contributed by atoms with Gasteiger partial charge in [0.1, 0.15) is 11.9 Å². The Labute approximate surface area is 238 Å². The molecule has 0 aromatic heterocycles. The van der Waals surface area contributed by atoms with Gasteiger partial charge < -0.3 is 35.1 Å². The number of carbonyl (C=O) groups excluding carboxylic acids is 2. The summed E-state index contributed by atoms with van der Waals surface area (Å²) in [5.41, 5.74) is 0.821. The number of nitrogens with zero attached hydrogens (tertiary/aromatic N) is 1. The number of aromatic hydroxyl groups is 1. The van der Waals surface area contributed by atoms with E-state index in [9.17, 15) is 28.2 Å². The van der Waals surface area contributed by atoms with Crippen molar-refractivity contribution in [2.24, 2.45) is 5.92 Å². The molecule has 13 heteroatoms. The molecule has 0 radical (unpaired) electrons. The average molecular weight is 590 g/mol. The molecule has 0 spiro atoms. The predicted octanol–water partition coefficient (Wildman–Crippen LogP) is 1.12. The van der Waals surface area contributed by atoms with Crippen LogP contribution in [0, 0.1) is 5.92 Å². The quantitative estimate of drug-likeness (QED) is 0.301. The smallest absolute Gasteiger partial charge is 0.407 e. The highest BCUT2D eigenvalue weighted by atomic mass is 32.2. The van der Waals surface area contributed by atoms with Crippen molar-refractivity contribution in [1.29, 1.82) is 0 Å². The number of aliphatic hydroxyl groups is 1. The van der Waals surface area contributed by atoms with E-state index in [4.69, 9.17) is 14.2 Å². The average Bonchev–Trinajstić information content (AvgIpc) is 3.68. The minimum atomic E-state index is -4.14. The van der Waals surface area contributed by atoms with Crippen LogP contribution < -0.4 is 10.6 Å². The number of amides is 2. The first-order valence-corrected chi connectivity index (χ1v) is 15.1. The van der Waals surface area contributed by atoms with Gasteiger partial charge in [0.15, 0.2) is 6.29 Å². The summed E-state index contributed by atoms with van der Waals surface area (Å²) in [6, 6.07) is 12.9. The summed E-state index contributed by atoms with van der Waals surface area (Å²) in [5.74, 6) is -0.326. The minimum absolute atomic E-state index is 0.0641. The van der Waals surface area contributed by atoms with Crippen LogP contribution in [-0.2, 0) is 35.4 Å². The molecular weight excluding hydrogens is 554 g/mol. The highest BCUT2D eigenvalue weighted by Gasteiger charge is 2.44. The lowest BCUT2D eigenvalue weighted by Gasteiger charge is -2.31. The zero-order valence-corrected chi connectivity index (χ0v) is 23.2. The first-order chi connectivity index (χ1) is 19.7. The number of ether oxygens (including phenoxy) is 3. The van der Waals surface area contributed by atoms with E-state index in [0.29, 0.717) is 19.4 Å². The lowest BCUT2D eigenvalue weighted by atomic mass is 10.0. The van der Waals surface area contributed by atoms with Gasteiger partial charge in [-0.2, -0.15) is 4.31 Å². The van der Waals surface area contributed by atoms with Gasteiger partial charge in [-0.1, -0.05) is 30.3 Å². The molecule has 3 fully saturated rings. The maximum absolute atomic E-state index is 13.7. The number of aliphatic hydroxyl groups excluding tert-OH is 1. The van der Waals surface area contributed by atoms with E-state index in [1.54, 1.807) is 0 Å². The second-order valence-electron chi connectivity index (χ2n) is 10.6. The van der Waals surface area contributed by atoms with Gasteiger partial charge in [-0.15, -0.1) is 0 Å². The minimum Gasteiger partial charge on any atom is -0.508 e. The molecule has 2 aromatic rings. The Bertz CT molecular complexity index is 1310. The van der Waals surface area contributed by atoms with Crippen LogP contribution in [-0.4, -0.2) is 91.8 Å². The van der Waals surface area contributed by atoms with E-state index in [1.165, 1.54) is 24.3 Å². The number of nitrogens with one attached hydrogen (secondary N) is 2. The molecule has 5 rings (SSSR count). The summed E-state index contributed by atoms with van der Waals surface area (Å²) in [7, 11) is -4.14. The first kappa shape index (κ1) is 29.3. The lowest BCUT2D eigenvalue weighted by molar-refractivity contribution is -0.119. The Morgan fingerprint density at radius 1 is 1.12 bits per heavy atom. The predicted molar refractivity (Wildman–Crippen MR) is 145 cm³/mol.